The molecule has 0 saturated heterocycles. The molecule has 2 aromatic heterocycles. The number of fused-ring (bicyclic) bond motifs is 1. The third-order valence-corrected chi connectivity index (χ3v) is 5.03. The Morgan fingerprint density at radius 3 is 2.91 bits per heavy atom. The molecule has 0 aromatic carbocycles. The minimum Gasteiger partial charge on any atom is -0.333 e. The van der Waals surface area contributed by atoms with Crippen molar-refractivity contribution in [1.29, 1.82) is 0 Å². The molecule has 3 heterocycles. The molecule has 2 aliphatic rings. The average molecular weight is 313 g/mol. The van der Waals surface area contributed by atoms with Gasteiger partial charge in [-0.1, -0.05) is 12.8 Å². The highest BCUT2D eigenvalue weighted by molar-refractivity contribution is 5.76. The first-order valence-corrected chi connectivity index (χ1v) is 8.58. The molecule has 1 aliphatic carbocycles. The number of rotatable bonds is 4. The summed E-state index contributed by atoms with van der Waals surface area (Å²) in [6.45, 7) is 2.97. The molecule has 1 aliphatic heterocycles. The van der Waals surface area contributed by atoms with Crippen molar-refractivity contribution < 1.29 is 4.79 Å². The van der Waals surface area contributed by atoms with Gasteiger partial charge in [0.05, 0.1) is 18.8 Å². The molecule has 1 amide bonds. The third-order valence-electron chi connectivity index (χ3n) is 5.03. The van der Waals surface area contributed by atoms with Gasteiger partial charge in [0.2, 0.25) is 5.91 Å². The van der Waals surface area contributed by atoms with Crippen molar-refractivity contribution in [3.63, 3.8) is 0 Å². The first-order valence-electron chi connectivity index (χ1n) is 8.58. The van der Waals surface area contributed by atoms with Gasteiger partial charge in [-0.25, -0.2) is 4.98 Å². The Morgan fingerprint density at radius 2 is 2.13 bits per heavy atom. The minimum atomic E-state index is 0.305. The molecular formula is C17H23N5O. The van der Waals surface area contributed by atoms with Gasteiger partial charge < -0.3 is 9.47 Å². The van der Waals surface area contributed by atoms with Gasteiger partial charge >= 0.3 is 0 Å². The highest BCUT2D eigenvalue weighted by Gasteiger charge is 2.26. The number of nitrogens with zero attached hydrogens (tertiary/aromatic N) is 5. The summed E-state index contributed by atoms with van der Waals surface area (Å²) < 4.78 is 4.05. The van der Waals surface area contributed by atoms with E-state index in [2.05, 4.69) is 15.9 Å². The first kappa shape index (κ1) is 14.5. The zero-order valence-corrected chi connectivity index (χ0v) is 13.4. The maximum atomic E-state index is 12.5. The second-order valence-corrected chi connectivity index (χ2v) is 6.72. The van der Waals surface area contributed by atoms with E-state index in [1.54, 1.807) is 6.20 Å². The van der Waals surface area contributed by atoms with Gasteiger partial charge in [-0.2, -0.15) is 5.10 Å². The van der Waals surface area contributed by atoms with E-state index in [-0.39, 0.29) is 0 Å². The van der Waals surface area contributed by atoms with Crippen molar-refractivity contribution in [1.82, 2.24) is 24.2 Å². The summed E-state index contributed by atoms with van der Waals surface area (Å²) in [5.41, 5.74) is 1.01. The Morgan fingerprint density at radius 1 is 1.26 bits per heavy atom. The van der Waals surface area contributed by atoms with E-state index in [1.165, 1.54) is 25.7 Å². The van der Waals surface area contributed by atoms with Crippen LogP contribution in [0.25, 0.3) is 0 Å². The lowest BCUT2D eigenvalue weighted by Crippen LogP contribution is -2.38. The van der Waals surface area contributed by atoms with E-state index in [0.717, 1.165) is 31.0 Å². The van der Waals surface area contributed by atoms with E-state index in [1.807, 2.05) is 21.8 Å². The normalized spacial score (nSPS) is 18.3. The monoisotopic (exact) mass is 313 g/mol. The van der Waals surface area contributed by atoms with E-state index >= 15 is 0 Å². The van der Waals surface area contributed by atoms with Gasteiger partial charge in [-0.15, -0.1) is 0 Å². The highest BCUT2D eigenvalue weighted by Crippen LogP contribution is 2.28. The van der Waals surface area contributed by atoms with Crippen molar-refractivity contribution in [3.05, 3.63) is 36.2 Å². The molecule has 0 unspecified atom stereocenters. The lowest BCUT2D eigenvalue weighted by molar-refractivity contribution is -0.133. The molecule has 1 fully saturated rings. The molecule has 2 aromatic rings. The Bertz CT molecular complexity index is 669. The van der Waals surface area contributed by atoms with Gasteiger partial charge in [0.25, 0.3) is 0 Å². The predicted octanol–water partition coefficient (Wildman–Crippen LogP) is 2.05. The van der Waals surface area contributed by atoms with Crippen LogP contribution in [0.15, 0.2) is 24.7 Å². The van der Waals surface area contributed by atoms with Gasteiger partial charge in [-0.3, -0.25) is 9.48 Å². The summed E-state index contributed by atoms with van der Waals surface area (Å²) in [6.07, 6.45) is 11.6. The Kier molecular flexibility index (Phi) is 3.89. The number of hydrogen-bond donors (Lipinski definition) is 0. The number of carbonyl (C=O) groups excluding carboxylic acids is 1. The number of carbonyl (C=O) groups is 1. The molecule has 1 saturated carbocycles. The van der Waals surface area contributed by atoms with Crippen LogP contribution in [0.3, 0.4) is 0 Å². The SMILES string of the molecule is O=C(CC1CCCC1)N1CCn2cc(Cn3cccn3)nc2C1. The average Bonchev–Trinajstić information content (AvgIpc) is 3.27. The second kappa shape index (κ2) is 6.18. The first-order chi connectivity index (χ1) is 11.3. The zero-order valence-electron chi connectivity index (χ0n) is 13.4. The molecule has 6 heteroatoms. The molecule has 0 radical (unpaired) electrons. The van der Waals surface area contributed by atoms with Crippen LogP contribution in [0.1, 0.15) is 43.6 Å². The van der Waals surface area contributed by atoms with Crippen LogP contribution in [-0.2, 0) is 24.4 Å². The molecular weight excluding hydrogens is 290 g/mol. The van der Waals surface area contributed by atoms with Crippen LogP contribution in [-0.4, -0.2) is 36.7 Å². The van der Waals surface area contributed by atoms with Crippen molar-refractivity contribution in [3.8, 4) is 0 Å². The van der Waals surface area contributed by atoms with Crippen LogP contribution in [0.4, 0.5) is 0 Å². The fraction of sp³-hybridized carbons (Fsp3) is 0.588. The molecule has 0 N–H and O–H groups in total. The maximum Gasteiger partial charge on any atom is 0.223 e. The van der Waals surface area contributed by atoms with Crippen molar-refractivity contribution in [2.24, 2.45) is 5.92 Å². The zero-order chi connectivity index (χ0) is 15.6. The Balaban J connectivity index is 1.40. The van der Waals surface area contributed by atoms with Crippen molar-refractivity contribution in [2.45, 2.75) is 51.7 Å². The number of imidazole rings is 1. The van der Waals surface area contributed by atoms with Gasteiger partial charge in [0.15, 0.2) is 0 Å². The van der Waals surface area contributed by atoms with Crippen LogP contribution < -0.4 is 0 Å². The number of amides is 1. The molecule has 0 bridgehead atoms. The van der Waals surface area contributed by atoms with Crippen LogP contribution in [0.5, 0.6) is 0 Å². The van der Waals surface area contributed by atoms with Crippen LogP contribution in [0.2, 0.25) is 0 Å². The molecule has 4 rings (SSSR count). The summed E-state index contributed by atoms with van der Waals surface area (Å²) in [7, 11) is 0. The number of aromatic nitrogens is 4. The molecule has 0 atom stereocenters. The summed E-state index contributed by atoms with van der Waals surface area (Å²) in [5.74, 6) is 1.91. The summed E-state index contributed by atoms with van der Waals surface area (Å²) >= 11 is 0. The van der Waals surface area contributed by atoms with E-state index in [9.17, 15) is 4.79 Å². The van der Waals surface area contributed by atoms with Gasteiger partial charge in [0.1, 0.15) is 5.82 Å². The fourth-order valence-electron chi connectivity index (χ4n) is 3.75. The maximum absolute atomic E-state index is 12.5. The van der Waals surface area contributed by atoms with E-state index in [0.29, 0.717) is 24.9 Å². The molecule has 122 valence electrons. The lowest BCUT2D eigenvalue weighted by Gasteiger charge is -2.28. The van der Waals surface area contributed by atoms with E-state index in [4.69, 9.17) is 4.98 Å². The standard InChI is InChI=1S/C17H23N5O/c23-17(10-14-4-1-2-5-14)21-9-8-20-11-15(19-16(20)13-21)12-22-7-3-6-18-22/h3,6-7,11,14H,1-2,4-5,8-10,12-13H2. The van der Waals surface area contributed by atoms with Gasteiger partial charge in [0, 0.05) is 38.1 Å². The van der Waals surface area contributed by atoms with Gasteiger partial charge in [-0.05, 0) is 24.8 Å². The summed E-state index contributed by atoms with van der Waals surface area (Å²) in [4.78, 5) is 19.2. The third kappa shape index (κ3) is 3.16. The summed E-state index contributed by atoms with van der Waals surface area (Å²) in [6, 6.07) is 1.92. The molecule has 6 nitrogen and oxygen atoms in total. The molecule has 0 spiro atoms. The van der Waals surface area contributed by atoms with E-state index < -0.39 is 0 Å². The Hall–Kier alpha value is -2.11. The summed E-state index contributed by atoms with van der Waals surface area (Å²) in [5, 5.41) is 4.22. The Labute approximate surface area is 136 Å². The smallest absolute Gasteiger partial charge is 0.223 e. The largest absolute Gasteiger partial charge is 0.333 e. The second-order valence-electron chi connectivity index (χ2n) is 6.72. The van der Waals surface area contributed by atoms with Crippen molar-refractivity contribution in [2.75, 3.05) is 6.54 Å². The minimum absolute atomic E-state index is 0.305. The highest BCUT2D eigenvalue weighted by atomic mass is 16.2. The predicted molar refractivity (Wildman–Crippen MR) is 85.5 cm³/mol. The van der Waals surface area contributed by atoms with Crippen LogP contribution >= 0.6 is 0 Å². The number of hydrogen-bond acceptors (Lipinski definition) is 3. The lowest BCUT2D eigenvalue weighted by atomic mass is 10.0. The van der Waals surface area contributed by atoms with Crippen LogP contribution in [0, 0.1) is 5.92 Å². The molecule has 23 heavy (non-hydrogen) atoms. The topological polar surface area (TPSA) is 56.0 Å². The van der Waals surface area contributed by atoms with Crippen molar-refractivity contribution >= 4 is 5.91 Å². The quantitative estimate of drug-likeness (QED) is 0.868. The fourth-order valence-corrected chi connectivity index (χ4v) is 3.75.